The maximum absolute atomic E-state index is 12.7. The van der Waals surface area contributed by atoms with Gasteiger partial charge in [0.05, 0.1) is 12.2 Å². The molecule has 116 valence electrons. The Hall–Kier alpha value is -0.220. The van der Waals surface area contributed by atoms with Gasteiger partial charge in [-0.15, -0.1) is 0 Å². The van der Waals surface area contributed by atoms with Crippen molar-refractivity contribution < 1.29 is 4.79 Å². The summed E-state index contributed by atoms with van der Waals surface area (Å²) in [6.07, 6.45) is 12.1. The summed E-state index contributed by atoms with van der Waals surface area (Å²) < 4.78 is 0.310. The van der Waals surface area contributed by atoms with E-state index >= 15 is 0 Å². The summed E-state index contributed by atoms with van der Waals surface area (Å²) in [5.74, 6) is 0.345. The molecule has 0 aromatic heterocycles. The molecular formula is C16H30N2OS. The van der Waals surface area contributed by atoms with Crippen LogP contribution in [0.3, 0.4) is 0 Å². The molecule has 1 aliphatic heterocycles. The van der Waals surface area contributed by atoms with E-state index in [9.17, 15) is 4.79 Å². The maximum atomic E-state index is 12.7. The van der Waals surface area contributed by atoms with E-state index < -0.39 is 0 Å². The summed E-state index contributed by atoms with van der Waals surface area (Å²) >= 11 is 1.99. The van der Waals surface area contributed by atoms with Gasteiger partial charge in [-0.1, -0.05) is 39.5 Å². The first-order chi connectivity index (χ1) is 9.65. The fourth-order valence-electron chi connectivity index (χ4n) is 3.70. The van der Waals surface area contributed by atoms with Gasteiger partial charge in [0.25, 0.3) is 0 Å². The SMILES string of the molecule is CCCC1NC(CC)N(CC2(SC)CCCCC2)C1=O. The molecule has 20 heavy (non-hydrogen) atoms. The van der Waals surface area contributed by atoms with E-state index in [1.165, 1.54) is 32.1 Å². The lowest BCUT2D eigenvalue weighted by atomic mass is 9.87. The van der Waals surface area contributed by atoms with Crippen LogP contribution in [0.2, 0.25) is 0 Å². The molecule has 0 aromatic rings. The zero-order valence-corrected chi connectivity index (χ0v) is 14.1. The van der Waals surface area contributed by atoms with Gasteiger partial charge in [-0.25, -0.2) is 0 Å². The van der Waals surface area contributed by atoms with Crippen LogP contribution < -0.4 is 5.32 Å². The third-order valence-electron chi connectivity index (χ3n) is 4.97. The summed E-state index contributed by atoms with van der Waals surface area (Å²) in [6.45, 7) is 5.28. The molecule has 1 heterocycles. The number of nitrogens with zero attached hydrogens (tertiary/aromatic N) is 1. The lowest BCUT2D eigenvalue weighted by Crippen LogP contribution is -2.47. The lowest BCUT2D eigenvalue weighted by molar-refractivity contribution is -0.130. The molecule has 4 heteroatoms. The van der Waals surface area contributed by atoms with Gasteiger partial charge in [0, 0.05) is 11.3 Å². The van der Waals surface area contributed by atoms with E-state index in [-0.39, 0.29) is 12.2 Å². The van der Waals surface area contributed by atoms with Crippen LogP contribution in [-0.4, -0.2) is 40.6 Å². The highest BCUT2D eigenvalue weighted by Crippen LogP contribution is 2.40. The first-order valence-corrected chi connectivity index (χ1v) is 9.50. The summed E-state index contributed by atoms with van der Waals surface area (Å²) in [5.41, 5.74) is 0. The molecule has 1 aliphatic carbocycles. The topological polar surface area (TPSA) is 32.3 Å². The van der Waals surface area contributed by atoms with Crippen LogP contribution in [0.5, 0.6) is 0 Å². The van der Waals surface area contributed by atoms with E-state index in [1.54, 1.807) is 0 Å². The second-order valence-corrected chi connectivity index (χ2v) is 7.62. The molecule has 1 amide bonds. The van der Waals surface area contributed by atoms with Crippen molar-refractivity contribution in [2.24, 2.45) is 0 Å². The number of nitrogens with one attached hydrogen (secondary N) is 1. The molecule has 1 saturated heterocycles. The van der Waals surface area contributed by atoms with Crippen LogP contribution in [0.25, 0.3) is 0 Å². The fourth-order valence-corrected chi connectivity index (χ4v) is 4.67. The number of hydrogen-bond acceptors (Lipinski definition) is 3. The minimum Gasteiger partial charge on any atom is -0.324 e. The molecule has 1 N–H and O–H groups in total. The van der Waals surface area contributed by atoms with Gasteiger partial charge in [0.2, 0.25) is 5.91 Å². The van der Waals surface area contributed by atoms with Crippen molar-refractivity contribution in [3.8, 4) is 0 Å². The summed E-state index contributed by atoms with van der Waals surface area (Å²) in [5, 5.41) is 3.54. The average Bonchev–Trinajstić information content (AvgIpc) is 2.77. The second kappa shape index (κ2) is 7.17. The van der Waals surface area contributed by atoms with Crippen molar-refractivity contribution in [1.82, 2.24) is 10.2 Å². The monoisotopic (exact) mass is 298 g/mol. The Morgan fingerprint density at radius 1 is 1.30 bits per heavy atom. The summed E-state index contributed by atoms with van der Waals surface area (Å²) in [7, 11) is 0. The number of carbonyl (C=O) groups is 1. The Labute approximate surface area is 128 Å². The molecule has 0 radical (unpaired) electrons. The molecule has 0 aromatic carbocycles. The van der Waals surface area contributed by atoms with Crippen molar-refractivity contribution in [2.45, 2.75) is 82.2 Å². The van der Waals surface area contributed by atoms with Gasteiger partial charge in [-0.3, -0.25) is 10.1 Å². The minimum absolute atomic E-state index is 0.0625. The Morgan fingerprint density at radius 2 is 2.00 bits per heavy atom. The van der Waals surface area contributed by atoms with Crippen LogP contribution in [0.4, 0.5) is 0 Å². The average molecular weight is 298 g/mol. The smallest absolute Gasteiger partial charge is 0.241 e. The van der Waals surface area contributed by atoms with Crippen LogP contribution in [-0.2, 0) is 4.79 Å². The first kappa shape index (κ1) is 16.2. The molecule has 2 unspecified atom stereocenters. The number of amides is 1. The third kappa shape index (κ3) is 3.33. The van der Waals surface area contributed by atoms with Gasteiger partial charge >= 0.3 is 0 Å². The van der Waals surface area contributed by atoms with E-state index in [0.29, 0.717) is 10.7 Å². The zero-order valence-electron chi connectivity index (χ0n) is 13.3. The number of rotatable bonds is 6. The maximum Gasteiger partial charge on any atom is 0.241 e. The molecule has 1 saturated carbocycles. The van der Waals surface area contributed by atoms with Crippen LogP contribution in [0.15, 0.2) is 0 Å². The van der Waals surface area contributed by atoms with Crippen molar-refractivity contribution in [2.75, 3.05) is 12.8 Å². The minimum atomic E-state index is 0.0625. The highest BCUT2D eigenvalue weighted by Gasteiger charge is 2.42. The number of carbonyl (C=O) groups excluding carboxylic acids is 1. The molecule has 3 nitrogen and oxygen atoms in total. The van der Waals surface area contributed by atoms with E-state index in [0.717, 1.165) is 25.8 Å². The van der Waals surface area contributed by atoms with Crippen molar-refractivity contribution in [1.29, 1.82) is 0 Å². The number of thioether (sulfide) groups is 1. The Morgan fingerprint density at radius 3 is 2.55 bits per heavy atom. The van der Waals surface area contributed by atoms with Gasteiger partial charge in [0.15, 0.2) is 0 Å². The van der Waals surface area contributed by atoms with Crippen molar-refractivity contribution >= 4 is 17.7 Å². The largest absolute Gasteiger partial charge is 0.324 e. The Kier molecular flexibility index (Phi) is 5.79. The molecule has 0 spiro atoms. The molecule has 2 atom stereocenters. The highest BCUT2D eigenvalue weighted by atomic mass is 32.2. The summed E-state index contributed by atoms with van der Waals surface area (Å²) in [6, 6.07) is 0.0625. The Bertz CT molecular complexity index is 328. The summed E-state index contributed by atoms with van der Waals surface area (Å²) in [4.78, 5) is 14.8. The molecule has 2 rings (SSSR count). The van der Waals surface area contributed by atoms with Crippen molar-refractivity contribution in [3.63, 3.8) is 0 Å². The predicted octanol–water partition coefficient (Wildman–Crippen LogP) is 3.39. The fraction of sp³-hybridized carbons (Fsp3) is 0.938. The van der Waals surface area contributed by atoms with Gasteiger partial charge in [-0.2, -0.15) is 11.8 Å². The lowest BCUT2D eigenvalue weighted by Gasteiger charge is -2.40. The van der Waals surface area contributed by atoms with Gasteiger partial charge in [-0.05, 0) is 31.9 Å². The van der Waals surface area contributed by atoms with Crippen LogP contribution in [0, 0.1) is 0 Å². The van der Waals surface area contributed by atoms with Crippen molar-refractivity contribution in [3.05, 3.63) is 0 Å². The van der Waals surface area contributed by atoms with Crippen LogP contribution >= 0.6 is 11.8 Å². The molecular weight excluding hydrogens is 268 g/mol. The normalized spacial score (nSPS) is 29.9. The second-order valence-electron chi connectivity index (χ2n) is 6.35. The quantitative estimate of drug-likeness (QED) is 0.816. The Balaban J connectivity index is 2.07. The van der Waals surface area contributed by atoms with E-state index in [2.05, 4.69) is 30.3 Å². The highest BCUT2D eigenvalue weighted by molar-refractivity contribution is 8.00. The molecule has 0 bridgehead atoms. The predicted molar refractivity (Wildman–Crippen MR) is 87.0 cm³/mol. The molecule has 2 aliphatic rings. The van der Waals surface area contributed by atoms with Gasteiger partial charge < -0.3 is 4.90 Å². The van der Waals surface area contributed by atoms with Gasteiger partial charge in [0.1, 0.15) is 0 Å². The zero-order chi connectivity index (χ0) is 14.6. The van der Waals surface area contributed by atoms with E-state index in [4.69, 9.17) is 0 Å². The standard InChI is InChI=1S/C16H30N2OS/c1-4-9-13-15(19)18(14(5-2)17-13)12-16(20-3)10-7-6-8-11-16/h13-14,17H,4-12H2,1-3H3. The number of hydrogen-bond donors (Lipinski definition) is 1. The van der Waals surface area contributed by atoms with E-state index in [1.807, 2.05) is 11.8 Å². The van der Waals surface area contributed by atoms with Crippen LogP contribution in [0.1, 0.15) is 65.2 Å². The third-order valence-corrected chi connectivity index (χ3v) is 6.37. The molecule has 2 fully saturated rings. The first-order valence-electron chi connectivity index (χ1n) is 8.27.